The van der Waals surface area contributed by atoms with E-state index in [4.69, 9.17) is 5.73 Å². The van der Waals surface area contributed by atoms with Crippen LogP contribution in [0.2, 0.25) is 0 Å². The van der Waals surface area contributed by atoms with Gasteiger partial charge in [0.15, 0.2) is 0 Å². The number of aryl methyl sites for hydroxylation is 1. The van der Waals surface area contributed by atoms with Crippen molar-refractivity contribution in [2.45, 2.75) is 32.1 Å². The van der Waals surface area contributed by atoms with Crippen LogP contribution in [-0.4, -0.2) is 10.2 Å². The molecule has 3 nitrogen and oxygen atoms in total. The van der Waals surface area contributed by atoms with Crippen LogP contribution in [0.25, 0.3) is 27.1 Å². The Morgan fingerprint density at radius 3 is 2.35 bits per heavy atom. The maximum absolute atomic E-state index is 13.5. The van der Waals surface area contributed by atoms with Gasteiger partial charge >= 0.3 is 0 Å². The molecule has 0 fully saturated rings. The zero-order chi connectivity index (χ0) is 25.2. The van der Waals surface area contributed by atoms with Crippen LogP contribution in [0.4, 0.5) is 10.1 Å². The largest absolute Gasteiger partial charge is 0.396 e. The van der Waals surface area contributed by atoms with E-state index in [-0.39, 0.29) is 11.5 Å². The van der Waals surface area contributed by atoms with Crippen molar-refractivity contribution >= 4 is 32.8 Å². The lowest BCUT2D eigenvalue weighted by molar-refractivity contribution is 0.632. The predicted molar refractivity (Wildman–Crippen MR) is 151 cm³/mol. The van der Waals surface area contributed by atoms with Crippen LogP contribution in [0, 0.1) is 5.82 Å². The maximum Gasteiger partial charge on any atom is 0.146 e. The number of nitrogen functional groups attached to an aromatic ring is 1. The second-order valence-corrected chi connectivity index (χ2v) is 9.72. The van der Waals surface area contributed by atoms with Gasteiger partial charge < -0.3 is 5.73 Å². The Balaban J connectivity index is 0.000000210. The maximum atomic E-state index is 13.5. The summed E-state index contributed by atoms with van der Waals surface area (Å²) in [6.45, 7) is 0. The average molecular weight is 486 g/mol. The van der Waals surface area contributed by atoms with E-state index < -0.39 is 0 Å². The van der Waals surface area contributed by atoms with Gasteiger partial charge in [0.2, 0.25) is 0 Å². The summed E-state index contributed by atoms with van der Waals surface area (Å²) < 4.78 is 13.5. The van der Waals surface area contributed by atoms with Crippen molar-refractivity contribution in [1.82, 2.24) is 10.2 Å². The van der Waals surface area contributed by atoms with Crippen LogP contribution < -0.4 is 5.73 Å². The highest BCUT2D eigenvalue weighted by molar-refractivity contribution is 5.96. The lowest BCUT2D eigenvalue weighted by Crippen LogP contribution is -2.08. The highest BCUT2D eigenvalue weighted by Crippen LogP contribution is 2.41. The fourth-order valence-corrected chi connectivity index (χ4v) is 5.58. The summed E-state index contributed by atoms with van der Waals surface area (Å²) in [4.78, 5) is 0. The predicted octanol–water partition coefficient (Wildman–Crippen LogP) is 7.83. The minimum Gasteiger partial charge on any atom is -0.396 e. The van der Waals surface area contributed by atoms with E-state index >= 15 is 0 Å². The van der Waals surface area contributed by atoms with Gasteiger partial charge in [-0.25, -0.2) is 4.39 Å². The number of hydrogen-bond donors (Lipinski definition) is 1. The lowest BCUT2D eigenvalue weighted by Gasteiger charge is -2.26. The number of aromatic nitrogens is 2. The molecule has 2 aliphatic carbocycles. The van der Waals surface area contributed by atoms with E-state index in [0.29, 0.717) is 0 Å². The number of allylic oxidation sites excluding steroid dienone is 4. The van der Waals surface area contributed by atoms with Gasteiger partial charge in [-0.3, -0.25) is 0 Å². The summed E-state index contributed by atoms with van der Waals surface area (Å²) in [5.74, 6) is -0.349. The first-order valence-electron chi connectivity index (χ1n) is 12.8. The van der Waals surface area contributed by atoms with Gasteiger partial charge in [-0.05, 0) is 82.8 Å². The Kier molecular flexibility index (Phi) is 6.23. The minimum absolute atomic E-state index is 0.219. The van der Waals surface area contributed by atoms with E-state index in [1.54, 1.807) is 24.0 Å². The summed E-state index contributed by atoms with van der Waals surface area (Å²) in [6.07, 6.45) is 13.5. The third-order valence-corrected chi connectivity index (χ3v) is 7.40. The molecule has 0 aliphatic heterocycles. The highest BCUT2D eigenvalue weighted by Gasteiger charge is 2.21. The fraction of sp³-hybridized carbons (Fsp3) is 0.152. The van der Waals surface area contributed by atoms with Crippen LogP contribution >= 0.6 is 0 Å². The Morgan fingerprint density at radius 1 is 0.784 bits per heavy atom. The van der Waals surface area contributed by atoms with Crippen molar-refractivity contribution in [3.8, 4) is 0 Å². The van der Waals surface area contributed by atoms with Crippen molar-refractivity contribution in [1.29, 1.82) is 0 Å². The second kappa shape index (κ2) is 9.98. The molecule has 0 radical (unpaired) electrons. The standard InChI is InChI=1S/C25H22FN.C8H6N2/c26-23-13-8-16(15-24(23)27)14-19-6-3-5-18-10-11-21-20-7-2-1-4-17(20)9-12-22(21)25(18)19;1-2-4-8-6-10-9-5-7(8)3-1/h2-3,5-8,10-11,13,15H,1,4,9,12,14,27H2;1-6H. The molecule has 1 aromatic heterocycles. The summed E-state index contributed by atoms with van der Waals surface area (Å²) >= 11 is 0. The molecule has 0 amide bonds. The number of fused-ring (bicyclic) bond motifs is 5. The van der Waals surface area contributed by atoms with Crippen molar-refractivity contribution in [2.24, 2.45) is 0 Å². The lowest BCUT2D eigenvalue weighted by atomic mass is 9.78. The Labute approximate surface area is 216 Å². The summed E-state index contributed by atoms with van der Waals surface area (Å²) in [6, 6.07) is 24.1. The van der Waals surface area contributed by atoms with Gasteiger partial charge in [0.25, 0.3) is 0 Å². The molecule has 0 spiro atoms. The molecule has 2 N–H and O–H groups in total. The SMILES string of the molecule is Nc1cc(Cc2cccc3ccc4c(c23)CCC2=C4C=CCC2)ccc1F.c1ccc2cnncc2c1. The first-order valence-corrected chi connectivity index (χ1v) is 12.8. The van der Waals surface area contributed by atoms with Crippen molar-refractivity contribution in [2.75, 3.05) is 5.73 Å². The quantitative estimate of drug-likeness (QED) is 0.259. The third-order valence-electron chi connectivity index (χ3n) is 7.40. The first-order chi connectivity index (χ1) is 18.2. The van der Waals surface area contributed by atoms with Crippen LogP contribution in [0.3, 0.4) is 0 Å². The minimum atomic E-state index is -0.349. The van der Waals surface area contributed by atoms with E-state index in [0.717, 1.165) is 35.6 Å². The first kappa shape index (κ1) is 23.1. The van der Waals surface area contributed by atoms with Crippen molar-refractivity contribution < 1.29 is 4.39 Å². The van der Waals surface area contributed by atoms with Gasteiger partial charge in [0.1, 0.15) is 5.82 Å². The Bertz CT molecular complexity index is 1620. The van der Waals surface area contributed by atoms with Gasteiger partial charge in [-0.2, -0.15) is 10.2 Å². The molecule has 0 saturated carbocycles. The number of nitrogens with zero attached hydrogens (tertiary/aromatic N) is 2. The monoisotopic (exact) mass is 485 g/mol. The van der Waals surface area contributed by atoms with Crippen molar-refractivity contribution in [3.05, 3.63) is 131 Å². The summed E-state index contributed by atoms with van der Waals surface area (Å²) in [5.41, 5.74) is 14.2. The molecule has 182 valence electrons. The van der Waals surface area contributed by atoms with Gasteiger partial charge in [0.05, 0.1) is 18.1 Å². The Hall–Kier alpha value is -4.31. The number of rotatable bonds is 2. The van der Waals surface area contributed by atoms with Crippen molar-refractivity contribution in [3.63, 3.8) is 0 Å². The normalized spacial score (nSPS) is 14.2. The molecule has 4 heteroatoms. The van der Waals surface area contributed by atoms with Crippen LogP contribution in [-0.2, 0) is 12.8 Å². The zero-order valence-corrected chi connectivity index (χ0v) is 20.6. The molecule has 2 aliphatic rings. The van der Waals surface area contributed by atoms with Gasteiger partial charge in [0, 0.05) is 10.8 Å². The molecule has 0 unspecified atom stereocenters. The molecule has 4 aromatic carbocycles. The number of nitrogens with two attached hydrogens (primary N) is 1. The molecule has 1 heterocycles. The molecule has 0 bridgehead atoms. The summed E-state index contributed by atoms with van der Waals surface area (Å²) in [7, 11) is 0. The molecular formula is C33H28FN3. The third kappa shape index (κ3) is 4.63. The van der Waals surface area contributed by atoms with Gasteiger partial charge in [-0.1, -0.05) is 78.4 Å². The van der Waals surface area contributed by atoms with E-state index in [1.165, 1.54) is 51.9 Å². The topological polar surface area (TPSA) is 51.8 Å². The van der Waals surface area contributed by atoms with E-state index in [9.17, 15) is 4.39 Å². The smallest absolute Gasteiger partial charge is 0.146 e. The number of anilines is 1. The Morgan fingerprint density at radius 2 is 1.57 bits per heavy atom. The second-order valence-electron chi connectivity index (χ2n) is 9.72. The number of hydrogen-bond acceptors (Lipinski definition) is 3. The van der Waals surface area contributed by atoms with Crippen LogP contribution in [0.15, 0.2) is 103 Å². The average Bonchev–Trinajstić information content (AvgIpc) is 2.95. The highest BCUT2D eigenvalue weighted by atomic mass is 19.1. The van der Waals surface area contributed by atoms with Gasteiger partial charge in [-0.15, -0.1) is 0 Å². The van der Waals surface area contributed by atoms with Crippen LogP contribution in [0.1, 0.15) is 41.5 Å². The van der Waals surface area contributed by atoms with E-state index in [2.05, 4.69) is 52.7 Å². The molecule has 7 rings (SSSR count). The number of benzene rings is 4. The van der Waals surface area contributed by atoms with Crippen LogP contribution in [0.5, 0.6) is 0 Å². The molecule has 37 heavy (non-hydrogen) atoms. The molecule has 0 saturated heterocycles. The van der Waals surface area contributed by atoms with E-state index in [1.807, 2.05) is 30.3 Å². The molecule has 5 aromatic rings. The zero-order valence-electron chi connectivity index (χ0n) is 20.6. The molecule has 0 atom stereocenters. The summed E-state index contributed by atoms with van der Waals surface area (Å²) in [5, 5.41) is 12.4. The fourth-order valence-electron chi connectivity index (χ4n) is 5.58. The number of halogens is 1. The molecular weight excluding hydrogens is 457 g/mol.